The van der Waals surface area contributed by atoms with E-state index in [1.54, 1.807) is 29.2 Å². The summed E-state index contributed by atoms with van der Waals surface area (Å²) < 4.78 is 30.1. The predicted octanol–water partition coefficient (Wildman–Crippen LogP) is 3.46. The fourth-order valence-electron chi connectivity index (χ4n) is 3.46. The lowest BCUT2D eigenvalue weighted by Crippen LogP contribution is -2.48. The zero-order chi connectivity index (χ0) is 21.0. The first kappa shape index (κ1) is 21.2. The minimum absolute atomic E-state index is 0.147. The lowest BCUT2D eigenvalue weighted by molar-refractivity contribution is 0.0623. The number of piperazine rings is 1. The molecular formula is C21H24ClFN2O4. The van der Waals surface area contributed by atoms with E-state index in [4.69, 9.17) is 25.8 Å². The number of nitrogens with zero attached hydrogens (tertiary/aromatic N) is 2. The summed E-state index contributed by atoms with van der Waals surface area (Å²) in [6, 6.07) is 8.04. The maximum Gasteiger partial charge on any atom is 0.257 e. The Kier molecular flexibility index (Phi) is 6.82. The van der Waals surface area contributed by atoms with Crippen molar-refractivity contribution in [2.45, 2.75) is 6.54 Å². The molecule has 6 nitrogen and oxygen atoms in total. The Bertz CT molecular complexity index is 865. The number of methoxy groups -OCH3 is 3. The van der Waals surface area contributed by atoms with Crippen LogP contribution < -0.4 is 14.2 Å². The highest BCUT2D eigenvalue weighted by Crippen LogP contribution is 2.40. The van der Waals surface area contributed by atoms with Crippen LogP contribution in [0.1, 0.15) is 15.9 Å². The van der Waals surface area contributed by atoms with Gasteiger partial charge >= 0.3 is 0 Å². The Hall–Kier alpha value is -2.51. The Morgan fingerprint density at radius 2 is 1.69 bits per heavy atom. The van der Waals surface area contributed by atoms with Gasteiger partial charge in [0, 0.05) is 43.3 Å². The zero-order valence-electron chi connectivity index (χ0n) is 16.7. The molecule has 2 aromatic carbocycles. The molecule has 2 aromatic rings. The number of halogens is 2. The molecule has 0 bridgehead atoms. The fraction of sp³-hybridized carbons (Fsp3) is 0.381. The van der Waals surface area contributed by atoms with Gasteiger partial charge in [0.25, 0.3) is 5.91 Å². The second-order valence-corrected chi connectivity index (χ2v) is 7.06. The van der Waals surface area contributed by atoms with Crippen LogP contribution in [-0.4, -0.2) is 63.2 Å². The van der Waals surface area contributed by atoms with E-state index in [9.17, 15) is 9.18 Å². The Morgan fingerprint density at radius 1 is 1.00 bits per heavy atom. The predicted molar refractivity (Wildman–Crippen MR) is 109 cm³/mol. The number of hydrogen-bond donors (Lipinski definition) is 0. The van der Waals surface area contributed by atoms with Gasteiger partial charge < -0.3 is 19.1 Å². The van der Waals surface area contributed by atoms with Gasteiger partial charge in [-0.15, -0.1) is 0 Å². The molecule has 1 aliphatic heterocycles. The van der Waals surface area contributed by atoms with Crippen LogP contribution in [-0.2, 0) is 6.54 Å². The molecular weight excluding hydrogens is 399 g/mol. The average molecular weight is 423 g/mol. The van der Waals surface area contributed by atoms with Gasteiger partial charge in [-0.3, -0.25) is 9.69 Å². The standard InChI is InChI=1S/C21H24ClFN2O4/c1-27-18-8-7-14(19(28-2)20(18)29-3)21(26)25-11-9-24(10-12-25)13-15-16(22)5-4-6-17(15)23/h4-8H,9-13H2,1-3H3. The third kappa shape index (κ3) is 4.41. The summed E-state index contributed by atoms with van der Waals surface area (Å²) in [4.78, 5) is 16.9. The monoisotopic (exact) mass is 422 g/mol. The van der Waals surface area contributed by atoms with Crippen molar-refractivity contribution in [1.82, 2.24) is 9.80 Å². The van der Waals surface area contributed by atoms with Crippen molar-refractivity contribution in [3.63, 3.8) is 0 Å². The van der Waals surface area contributed by atoms with E-state index in [-0.39, 0.29) is 11.7 Å². The molecule has 3 rings (SSSR count). The maximum atomic E-state index is 14.0. The molecule has 0 radical (unpaired) electrons. The molecule has 0 atom stereocenters. The second-order valence-electron chi connectivity index (χ2n) is 6.65. The number of amides is 1. The van der Waals surface area contributed by atoms with Crippen LogP contribution in [0, 0.1) is 5.82 Å². The summed E-state index contributed by atoms with van der Waals surface area (Å²) in [6.07, 6.45) is 0. The summed E-state index contributed by atoms with van der Waals surface area (Å²) >= 11 is 6.13. The van der Waals surface area contributed by atoms with Crippen molar-refractivity contribution in [2.24, 2.45) is 0 Å². The molecule has 29 heavy (non-hydrogen) atoms. The Labute approximate surface area is 174 Å². The molecule has 0 spiro atoms. The van der Waals surface area contributed by atoms with Crippen LogP contribution in [0.3, 0.4) is 0 Å². The smallest absolute Gasteiger partial charge is 0.257 e. The van der Waals surface area contributed by atoms with Gasteiger partial charge in [0.15, 0.2) is 11.5 Å². The number of hydrogen-bond acceptors (Lipinski definition) is 5. The first-order chi connectivity index (χ1) is 14.0. The van der Waals surface area contributed by atoms with Gasteiger partial charge in [0.1, 0.15) is 5.82 Å². The number of carbonyl (C=O) groups is 1. The van der Waals surface area contributed by atoms with Crippen LogP contribution in [0.4, 0.5) is 4.39 Å². The van der Waals surface area contributed by atoms with Crippen molar-refractivity contribution in [2.75, 3.05) is 47.5 Å². The number of rotatable bonds is 6. The van der Waals surface area contributed by atoms with Crippen molar-refractivity contribution < 1.29 is 23.4 Å². The highest BCUT2D eigenvalue weighted by Gasteiger charge is 2.27. The third-order valence-corrected chi connectivity index (χ3v) is 5.39. The molecule has 1 fully saturated rings. The largest absolute Gasteiger partial charge is 0.493 e. The second kappa shape index (κ2) is 9.33. The molecule has 156 valence electrons. The summed E-state index contributed by atoms with van der Waals surface area (Å²) in [5.74, 6) is 0.760. The van der Waals surface area contributed by atoms with E-state index in [0.717, 1.165) is 0 Å². The maximum absolute atomic E-state index is 14.0. The summed E-state index contributed by atoms with van der Waals surface area (Å²) in [5.41, 5.74) is 0.895. The van der Waals surface area contributed by atoms with E-state index in [1.807, 2.05) is 0 Å². The number of ether oxygens (including phenoxy) is 3. The zero-order valence-corrected chi connectivity index (χ0v) is 17.5. The Balaban J connectivity index is 1.71. The summed E-state index contributed by atoms with van der Waals surface area (Å²) in [7, 11) is 4.52. The van der Waals surface area contributed by atoms with E-state index >= 15 is 0 Å². The Morgan fingerprint density at radius 3 is 2.28 bits per heavy atom. The van der Waals surface area contributed by atoms with E-state index in [1.165, 1.54) is 27.4 Å². The van der Waals surface area contributed by atoms with E-state index in [2.05, 4.69) is 4.90 Å². The summed E-state index contributed by atoms with van der Waals surface area (Å²) in [5, 5.41) is 0.415. The van der Waals surface area contributed by atoms with Crippen LogP contribution in [0.2, 0.25) is 5.02 Å². The van der Waals surface area contributed by atoms with Crippen molar-refractivity contribution in [3.05, 3.63) is 52.3 Å². The molecule has 1 saturated heterocycles. The van der Waals surface area contributed by atoms with Crippen LogP contribution in [0.25, 0.3) is 0 Å². The molecule has 0 aliphatic carbocycles. The normalized spacial score (nSPS) is 14.6. The molecule has 0 N–H and O–H groups in total. The van der Waals surface area contributed by atoms with E-state index < -0.39 is 0 Å². The molecule has 0 saturated carbocycles. The van der Waals surface area contributed by atoms with Gasteiger partial charge in [-0.25, -0.2) is 4.39 Å². The molecule has 1 heterocycles. The van der Waals surface area contributed by atoms with Crippen LogP contribution in [0.5, 0.6) is 17.2 Å². The van der Waals surface area contributed by atoms with E-state index in [0.29, 0.717) is 66.1 Å². The topological polar surface area (TPSA) is 51.2 Å². The minimum Gasteiger partial charge on any atom is -0.493 e. The fourth-order valence-corrected chi connectivity index (χ4v) is 3.68. The number of carbonyl (C=O) groups excluding carboxylic acids is 1. The summed E-state index contributed by atoms with van der Waals surface area (Å²) in [6.45, 7) is 2.68. The van der Waals surface area contributed by atoms with Gasteiger partial charge in [0.05, 0.1) is 26.9 Å². The van der Waals surface area contributed by atoms with Crippen LogP contribution in [0.15, 0.2) is 30.3 Å². The van der Waals surface area contributed by atoms with Crippen molar-refractivity contribution in [3.8, 4) is 17.2 Å². The SMILES string of the molecule is COc1ccc(C(=O)N2CCN(Cc3c(F)cccc3Cl)CC2)c(OC)c1OC. The molecule has 0 unspecified atom stereocenters. The average Bonchev–Trinajstić information content (AvgIpc) is 2.75. The minimum atomic E-state index is -0.314. The van der Waals surface area contributed by atoms with Gasteiger partial charge in [-0.05, 0) is 24.3 Å². The molecule has 1 aliphatic rings. The third-order valence-electron chi connectivity index (χ3n) is 5.04. The van der Waals surface area contributed by atoms with Gasteiger partial charge in [0.2, 0.25) is 5.75 Å². The molecule has 8 heteroatoms. The quantitative estimate of drug-likeness (QED) is 0.713. The molecule has 0 aromatic heterocycles. The van der Waals surface area contributed by atoms with Crippen molar-refractivity contribution >= 4 is 17.5 Å². The van der Waals surface area contributed by atoms with Crippen molar-refractivity contribution in [1.29, 1.82) is 0 Å². The lowest BCUT2D eigenvalue weighted by atomic mass is 10.1. The lowest BCUT2D eigenvalue weighted by Gasteiger charge is -2.35. The first-order valence-corrected chi connectivity index (χ1v) is 9.61. The molecule has 1 amide bonds. The van der Waals surface area contributed by atoms with Gasteiger partial charge in [-0.2, -0.15) is 0 Å². The highest BCUT2D eigenvalue weighted by molar-refractivity contribution is 6.31. The van der Waals surface area contributed by atoms with Gasteiger partial charge in [-0.1, -0.05) is 17.7 Å². The highest BCUT2D eigenvalue weighted by atomic mass is 35.5. The van der Waals surface area contributed by atoms with Crippen LogP contribution >= 0.6 is 11.6 Å². The number of benzene rings is 2. The first-order valence-electron chi connectivity index (χ1n) is 9.23.